The van der Waals surface area contributed by atoms with Gasteiger partial charge in [-0.25, -0.2) is 13.4 Å². The molecule has 8 nitrogen and oxygen atoms in total. The van der Waals surface area contributed by atoms with E-state index >= 15 is 0 Å². The maximum Gasteiger partial charge on any atom is 0.264 e. The Morgan fingerprint density at radius 3 is 2.40 bits per heavy atom. The van der Waals surface area contributed by atoms with Gasteiger partial charge in [0, 0.05) is 38.3 Å². The Bertz CT molecular complexity index is 1550. The van der Waals surface area contributed by atoms with Crippen LogP contribution in [0.3, 0.4) is 0 Å². The summed E-state index contributed by atoms with van der Waals surface area (Å²) in [6, 6.07) is 21.3. The van der Waals surface area contributed by atoms with Gasteiger partial charge in [0.1, 0.15) is 0 Å². The summed E-state index contributed by atoms with van der Waals surface area (Å²) in [5, 5.41) is 0.647. The fourth-order valence-corrected chi connectivity index (χ4v) is 7.43. The van der Waals surface area contributed by atoms with E-state index in [0.29, 0.717) is 29.5 Å². The van der Waals surface area contributed by atoms with E-state index in [1.54, 1.807) is 36.1 Å². The first-order valence-electron chi connectivity index (χ1n) is 13.5. The highest BCUT2D eigenvalue weighted by atomic mass is 32.2. The molecule has 0 saturated carbocycles. The number of benzene rings is 3. The molecule has 0 aliphatic carbocycles. The lowest BCUT2D eigenvalue weighted by Gasteiger charge is -2.27. The van der Waals surface area contributed by atoms with Crippen LogP contribution in [-0.2, 0) is 14.8 Å². The van der Waals surface area contributed by atoms with Gasteiger partial charge >= 0.3 is 0 Å². The Morgan fingerprint density at radius 2 is 1.73 bits per heavy atom. The van der Waals surface area contributed by atoms with Crippen molar-refractivity contribution in [3.05, 3.63) is 83.9 Å². The predicted molar refractivity (Wildman–Crippen MR) is 161 cm³/mol. The average molecular weight is 579 g/mol. The number of rotatable bonds is 10. The van der Waals surface area contributed by atoms with Gasteiger partial charge in [-0.05, 0) is 68.3 Å². The second-order valence-corrected chi connectivity index (χ2v) is 12.6. The maximum atomic E-state index is 13.9. The molecule has 10 heteroatoms. The minimum Gasteiger partial charge on any atom is -0.379 e. The van der Waals surface area contributed by atoms with E-state index < -0.39 is 10.0 Å². The van der Waals surface area contributed by atoms with E-state index in [2.05, 4.69) is 4.90 Å². The smallest absolute Gasteiger partial charge is 0.264 e. The fraction of sp³-hybridized carbons (Fsp3) is 0.333. The zero-order chi connectivity index (χ0) is 28.1. The molecule has 40 heavy (non-hydrogen) atoms. The molecule has 0 radical (unpaired) electrons. The highest BCUT2D eigenvalue weighted by Crippen LogP contribution is 2.32. The molecule has 1 fully saturated rings. The first-order valence-corrected chi connectivity index (χ1v) is 15.8. The topological polar surface area (TPSA) is 83.1 Å². The summed E-state index contributed by atoms with van der Waals surface area (Å²) in [5.41, 5.74) is 2.98. The number of anilines is 2. The number of ether oxygens (including phenoxy) is 1. The lowest BCUT2D eigenvalue weighted by Crippen LogP contribution is -2.39. The molecule has 0 N–H and O–H groups in total. The zero-order valence-corrected chi connectivity index (χ0v) is 24.5. The number of hydrogen-bond donors (Lipinski definition) is 0. The SMILES string of the molecule is CCN(c1ccccc1)S(=O)(=O)c1ccc(C(=O)N(CCCN2CCOCC2)c2nc3c(C)cccc3s2)cc1. The molecule has 0 bridgehead atoms. The number of aryl methyl sites for hydroxylation is 1. The Hall–Kier alpha value is -3.31. The van der Waals surface area contributed by atoms with Crippen LogP contribution < -0.4 is 9.21 Å². The van der Waals surface area contributed by atoms with Crippen LogP contribution in [-0.4, -0.2) is 70.1 Å². The van der Waals surface area contributed by atoms with Gasteiger partial charge in [0.2, 0.25) is 0 Å². The molecule has 1 aliphatic heterocycles. The average Bonchev–Trinajstić information content (AvgIpc) is 3.42. The molecule has 2 heterocycles. The van der Waals surface area contributed by atoms with Gasteiger partial charge in [-0.15, -0.1) is 0 Å². The van der Waals surface area contributed by atoms with Crippen LogP contribution in [0, 0.1) is 6.92 Å². The van der Waals surface area contributed by atoms with Gasteiger partial charge in [0.15, 0.2) is 5.13 Å². The quantitative estimate of drug-likeness (QED) is 0.258. The number of hydrogen-bond acceptors (Lipinski definition) is 7. The van der Waals surface area contributed by atoms with Crippen LogP contribution in [0.1, 0.15) is 29.3 Å². The van der Waals surface area contributed by atoms with Gasteiger partial charge in [-0.1, -0.05) is 41.7 Å². The van der Waals surface area contributed by atoms with Crippen molar-refractivity contribution in [2.45, 2.75) is 25.2 Å². The number of carbonyl (C=O) groups is 1. The van der Waals surface area contributed by atoms with Gasteiger partial charge in [0.25, 0.3) is 15.9 Å². The number of fused-ring (bicyclic) bond motifs is 1. The van der Waals surface area contributed by atoms with Gasteiger partial charge in [0.05, 0.1) is 34.0 Å². The molecule has 1 aliphatic rings. The molecule has 1 saturated heterocycles. The van der Waals surface area contributed by atoms with E-state index in [0.717, 1.165) is 55.0 Å². The maximum absolute atomic E-state index is 13.9. The number of aromatic nitrogens is 1. The molecule has 0 unspecified atom stereocenters. The third-order valence-corrected chi connectivity index (χ3v) is 10.0. The number of morpholine rings is 1. The first-order chi connectivity index (χ1) is 19.4. The number of para-hydroxylation sites is 2. The number of sulfonamides is 1. The molecular weight excluding hydrogens is 544 g/mol. The normalized spacial score (nSPS) is 14.3. The molecule has 1 aromatic heterocycles. The van der Waals surface area contributed by atoms with Crippen LogP contribution in [0.25, 0.3) is 10.2 Å². The number of carbonyl (C=O) groups excluding carboxylic acids is 1. The Morgan fingerprint density at radius 1 is 1.00 bits per heavy atom. The Kier molecular flexibility index (Phi) is 8.80. The van der Waals surface area contributed by atoms with Crippen molar-refractivity contribution in [1.82, 2.24) is 9.88 Å². The van der Waals surface area contributed by atoms with E-state index in [1.165, 1.54) is 27.8 Å². The van der Waals surface area contributed by atoms with Gasteiger partial charge in [-0.3, -0.25) is 18.9 Å². The van der Waals surface area contributed by atoms with Crippen molar-refractivity contribution >= 4 is 48.3 Å². The first kappa shape index (κ1) is 28.2. The molecule has 0 atom stereocenters. The van der Waals surface area contributed by atoms with Crippen LogP contribution in [0.2, 0.25) is 0 Å². The third-order valence-electron chi connectivity index (χ3n) is 7.07. The van der Waals surface area contributed by atoms with Crippen molar-refractivity contribution in [2.75, 3.05) is 55.1 Å². The summed E-state index contributed by atoms with van der Waals surface area (Å²) in [6.07, 6.45) is 0.787. The number of thiazole rings is 1. The van der Waals surface area contributed by atoms with Crippen molar-refractivity contribution in [1.29, 1.82) is 0 Å². The predicted octanol–water partition coefficient (Wildman–Crippen LogP) is 5.19. The lowest BCUT2D eigenvalue weighted by molar-refractivity contribution is 0.0376. The van der Waals surface area contributed by atoms with E-state index in [9.17, 15) is 13.2 Å². The fourth-order valence-electron chi connectivity index (χ4n) is 4.89. The molecule has 3 aromatic carbocycles. The summed E-state index contributed by atoms with van der Waals surface area (Å²) in [7, 11) is -3.79. The Labute approximate surface area is 239 Å². The molecule has 1 amide bonds. The summed E-state index contributed by atoms with van der Waals surface area (Å²) in [6.45, 7) is 8.73. The van der Waals surface area contributed by atoms with E-state index in [-0.39, 0.29) is 10.8 Å². The monoisotopic (exact) mass is 578 g/mol. The highest BCUT2D eigenvalue weighted by Gasteiger charge is 2.26. The molecule has 0 spiro atoms. The summed E-state index contributed by atoms with van der Waals surface area (Å²) in [4.78, 5) is 22.9. The second-order valence-electron chi connectivity index (χ2n) is 9.71. The van der Waals surface area contributed by atoms with Crippen LogP contribution in [0.4, 0.5) is 10.8 Å². The third kappa shape index (κ3) is 6.05. The minimum absolute atomic E-state index is 0.143. The molecule has 4 aromatic rings. The van der Waals surface area contributed by atoms with Crippen LogP contribution in [0.5, 0.6) is 0 Å². The number of amides is 1. The molecular formula is C30H34N4O4S2. The van der Waals surface area contributed by atoms with Crippen LogP contribution >= 0.6 is 11.3 Å². The minimum atomic E-state index is -3.79. The molecule has 210 valence electrons. The summed E-state index contributed by atoms with van der Waals surface area (Å²) < 4.78 is 34.7. The van der Waals surface area contributed by atoms with E-state index in [4.69, 9.17) is 9.72 Å². The van der Waals surface area contributed by atoms with Crippen LogP contribution in [0.15, 0.2) is 77.7 Å². The molecule has 5 rings (SSSR count). The number of nitrogens with zero attached hydrogens (tertiary/aromatic N) is 4. The van der Waals surface area contributed by atoms with Gasteiger partial charge in [-0.2, -0.15) is 0 Å². The van der Waals surface area contributed by atoms with Crippen molar-refractivity contribution in [3.8, 4) is 0 Å². The standard InChI is InChI=1S/C30H34N4O4S2/c1-3-34(25-10-5-4-6-11-25)40(36,37)26-15-13-24(14-16-26)29(35)33(18-8-17-32-19-21-38-22-20-32)30-31-28-23(2)9-7-12-27(28)39-30/h4-7,9-16H,3,8,17-22H2,1-2H3. The zero-order valence-electron chi connectivity index (χ0n) is 22.8. The largest absolute Gasteiger partial charge is 0.379 e. The summed E-state index contributed by atoms with van der Waals surface area (Å²) in [5.74, 6) is -0.196. The second kappa shape index (κ2) is 12.5. The lowest BCUT2D eigenvalue weighted by atomic mass is 10.2. The van der Waals surface area contributed by atoms with Crippen molar-refractivity contribution in [3.63, 3.8) is 0 Å². The Balaban J connectivity index is 1.40. The van der Waals surface area contributed by atoms with Gasteiger partial charge < -0.3 is 4.74 Å². The van der Waals surface area contributed by atoms with Crippen molar-refractivity contribution < 1.29 is 17.9 Å². The highest BCUT2D eigenvalue weighted by molar-refractivity contribution is 7.92. The summed E-state index contributed by atoms with van der Waals surface area (Å²) >= 11 is 1.50. The van der Waals surface area contributed by atoms with Crippen molar-refractivity contribution in [2.24, 2.45) is 0 Å². The van der Waals surface area contributed by atoms with E-state index in [1.807, 2.05) is 43.3 Å².